The van der Waals surface area contributed by atoms with Crippen molar-refractivity contribution in [2.24, 2.45) is 0 Å². The summed E-state index contributed by atoms with van der Waals surface area (Å²) < 4.78 is 0. The average molecular weight is 218 g/mol. The average Bonchev–Trinajstić information content (AvgIpc) is 2.23. The Hall–Kier alpha value is -1.09. The first kappa shape index (κ1) is 12.0. The first-order valence-electron chi connectivity index (χ1n) is 4.85. The molecule has 2 nitrogen and oxygen atoms in total. The minimum Gasteiger partial charge on any atom is -0.254 e. The maximum absolute atomic E-state index is 5.73. The summed E-state index contributed by atoms with van der Waals surface area (Å²) in [4.78, 5) is 8.23. The molecule has 2 rings (SSSR count). The number of halogens is 1. The Kier molecular flexibility index (Phi) is 4.10. The van der Waals surface area contributed by atoms with E-state index in [9.17, 15) is 0 Å². The summed E-state index contributed by atoms with van der Waals surface area (Å²) in [7, 11) is 5.70. The number of rotatable bonds is 0. The van der Waals surface area contributed by atoms with Crippen LogP contribution in [0.3, 0.4) is 0 Å². The standard InChI is InChI=1S/C9H6BClN2.C2H6/c1-5-7(10)2-6-4-12-9(11)3-8(6)13-5;1-2/h2-4H,1H3;1-2H3. The van der Waals surface area contributed by atoms with Crippen LogP contribution in [0.4, 0.5) is 0 Å². The number of pyridine rings is 2. The Bertz CT molecular complexity index is 471. The van der Waals surface area contributed by atoms with Gasteiger partial charge in [0.1, 0.15) is 13.0 Å². The third-order valence-electron chi connectivity index (χ3n) is 1.90. The molecule has 0 spiro atoms. The summed E-state index contributed by atoms with van der Waals surface area (Å²) >= 11 is 5.73. The molecule has 2 aromatic heterocycles. The zero-order chi connectivity index (χ0) is 11.4. The Morgan fingerprint density at radius 2 is 1.93 bits per heavy atom. The quantitative estimate of drug-likeness (QED) is 0.501. The van der Waals surface area contributed by atoms with E-state index in [4.69, 9.17) is 19.4 Å². The zero-order valence-corrected chi connectivity index (χ0v) is 9.84. The highest BCUT2D eigenvalue weighted by Crippen LogP contribution is 2.13. The van der Waals surface area contributed by atoms with E-state index in [0.717, 1.165) is 16.6 Å². The Morgan fingerprint density at radius 1 is 1.27 bits per heavy atom. The maximum atomic E-state index is 5.73. The van der Waals surface area contributed by atoms with E-state index in [2.05, 4.69) is 9.97 Å². The lowest BCUT2D eigenvalue weighted by atomic mass is 9.93. The minimum atomic E-state index is 0.448. The lowest BCUT2D eigenvalue weighted by molar-refractivity contribution is 1.26. The molecular weight excluding hydrogens is 206 g/mol. The molecule has 0 fully saturated rings. The van der Waals surface area contributed by atoms with Gasteiger partial charge >= 0.3 is 0 Å². The first-order chi connectivity index (χ1) is 7.16. The molecule has 4 heteroatoms. The highest BCUT2D eigenvalue weighted by atomic mass is 35.5. The topological polar surface area (TPSA) is 25.8 Å². The van der Waals surface area contributed by atoms with Crippen LogP contribution in [0.15, 0.2) is 18.3 Å². The van der Waals surface area contributed by atoms with Crippen LogP contribution < -0.4 is 5.46 Å². The molecular formula is C11H12BClN2. The van der Waals surface area contributed by atoms with Crippen molar-refractivity contribution in [1.82, 2.24) is 9.97 Å². The first-order valence-corrected chi connectivity index (χ1v) is 5.23. The van der Waals surface area contributed by atoms with Crippen LogP contribution in [0.2, 0.25) is 5.15 Å². The molecule has 0 aromatic carbocycles. The molecule has 0 N–H and O–H groups in total. The molecule has 2 radical (unpaired) electrons. The molecule has 15 heavy (non-hydrogen) atoms. The van der Waals surface area contributed by atoms with Gasteiger partial charge < -0.3 is 0 Å². The Labute approximate surface area is 96.1 Å². The largest absolute Gasteiger partial charge is 0.254 e. The molecule has 2 aromatic rings. The highest BCUT2D eigenvalue weighted by Gasteiger charge is 1.99. The van der Waals surface area contributed by atoms with E-state index in [1.165, 1.54) is 0 Å². The molecule has 0 aliphatic carbocycles. The molecule has 2 heterocycles. The molecule has 0 aliphatic rings. The van der Waals surface area contributed by atoms with Gasteiger partial charge in [0.05, 0.1) is 5.52 Å². The van der Waals surface area contributed by atoms with Crippen molar-refractivity contribution in [3.63, 3.8) is 0 Å². The van der Waals surface area contributed by atoms with Crippen molar-refractivity contribution >= 4 is 35.8 Å². The van der Waals surface area contributed by atoms with Gasteiger partial charge in [0.25, 0.3) is 0 Å². The lowest BCUT2D eigenvalue weighted by Crippen LogP contribution is -2.09. The van der Waals surface area contributed by atoms with Gasteiger partial charge in [-0.1, -0.05) is 37.0 Å². The van der Waals surface area contributed by atoms with Crippen LogP contribution in [-0.4, -0.2) is 17.8 Å². The summed E-state index contributed by atoms with van der Waals surface area (Å²) in [5.41, 5.74) is 2.32. The van der Waals surface area contributed by atoms with Crippen LogP contribution in [-0.2, 0) is 0 Å². The van der Waals surface area contributed by atoms with Crippen LogP contribution in [0.25, 0.3) is 10.9 Å². The van der Waals surface area contributed by atoms with Gasteiger partial charge in [-0.15, -0.1) is 0 Å². The van der Waals surface area contributed by atoms with Gasteiger partial charge in [0.15, 0.2) is 0 Å². The number of hydrogen-bond donors (Lipinski definition) is 0. The predicted octanol–water partition coefficient (Wildman–Crippen LogP) is 2.41. The fraction of sp³-hybridized carbons (Fsp3) is 0.273. The van der Waals surface area contributed by atoms with Gasteiger partial charge in [-0.2, -0.15) is 0 Å². The molecule has 0 saturated carbocycles. The maximum Gasteiger partial charge on any atom is 0.131 e. The third kappa shape index (κ3) is 2.69. The van der Waals surface area contributed by atoms with Crippen LogP contribution in [0, 0.1) is 6.92 Å². The van der Waals surface area contributed by atoms with Gasteiger partial charge in [0.2, 0.25) is 0 Å². The van der Waals surface area contributed by atoms with Crippen LogP contribution in [0.1, 0.15) is 19.5 Å². The number of nitrogens with zero attached hydrogens (tertiary/aromatic N) is 2. The third-order valence-corrected chi connectivity index (χ3v) is 2.10. The second-order valence-corrected chi connectivity index (χ2v) is 3.25. The van der Waals surface area contributed by atoms with Crippen molar-refractivity contribution in [3.05, 3.63) is 29.2 Å². The number of fused-ring (bicyclic) bond motifs is 1. The fourth-order valence-electron chi connectivity index (χ4n) is 1.16. The minimum absolute atomic E-state index is 0.448. The normalized spacial score (nSPS) is 9.60. The van der Waals surface area contributed by atoms with Crippen molar-refractivity contribution in [2.75, 3.05) is 0 Å². The van der Waals surface area contributed by atoms with E-state index < -0.39 is 0 Å². The number of aryl methyl sites for hydroxylation is 1. The predicted molar refractivity (Wildman–Crippen MR) is 66.0 cm³/mol. The number of hydrogen-bond acceptors (Lipinski definition) is 2. The van der Waals surface area contributed by atoms with Crippen LogP contribution in [0.5, 0.6) is 0 Å². The van der Waals surface area contributed by atoms with Gasteiger partial charge in [-0.3, -0.25) is 4.98 Å². The summed E-state index contributed by atoms with van der Waals surface area (Å²) in [5, 5.41) is 1.36. The van der Waals surface area contributed by atoms with E-state index in [1.807, 2.05) is 26.8 Å². The van der Waals surface area contributed by atoms with E-state index in [0.29, 0.717) is 10.6 Å². The summed E-state index contributed by atoms with van der Waals surface area (Å²) in [5.74, 6) is 0. The molecule has 0 aliphatic heterocycles. The smallest absolute Gasteiger partial charge is 0.131 e. The second-order valence-electron chi connectivity index (χ2n) is 2.86. The van der Waals surface area contributed by atoms with Crippen molar-refractivity contribution in [1.29, 1.82) is 0 Å². The molecule has 0 saturated heterocycles. The van der Waals surface area contributed by atoms with E-state index in [-0.39, 0.29) is 0 Å². The van der Waals surface area contributed by atoms with Crippen LogP contribution >= 0.6 is 11.6 Å². The van der Waals surface area contributed by atoms with Gasteiger partial charge in [-0.25, -0.2) is 4.98 Å². The number of aromatic nitrogens is 2. The van der Waals surface area contributed by atoms with Gasteiger partial charge in [-0.05, 0) is 6.92 Å². The molecule has 0 unspecified atom stereocenters. The highest BCUT2D eigenvalue weighted by molar-refractivity contribution is 6.34. The molecule has 0 atom stereocenters. The summed E-state index contributed by atoms with van der Waals surface area (Å²) in [6.07, 6.45) is 1.67. The van der Waals surface area contributed by atoms with Crippen molar-refractivity contribution < 1.29 is 0 Å². The van der Waals surface area contributed by atoms with E-state index in [1.54, 1.807) is 12.3 Å². The van der Waals surface area contributed by atoms with Gasteiger partial charge in [0, 0.05) is 23.3 Å². The van der Waals surface area contributed by atoms with E-state index >= 15 is 0 Å². The summed E-state index contributed by atoms with van der Waals surface area (Å²) in [6.45, 7) is 5.86. The summed E-state index contributed by atoms with van der Waals surface area (Å²) in [6, 6.07) is 3.57. The zero-order valence-electron chi connectivity index (χ0n) is 9.08. The Balaban J connectivity index is 0.000000531. The Morgan fingerprint density at radius 3 is 2.60 bits per heavy atom. The molecule has 0 bridgehead atoms. The molecule has 0 amide bonds. The SMILES string of the molecule is CC.[B]c1cc2cnc(Cl)cc2nc1C. The fourth-order valence-corrected chi connectivity index (χ4v) is 1.31. The second kappa shape index (κ2) is 5.12. The van der Waals surface area contributed by atoms with Crippen molar-refractivity contribution in [3.8, 4) is 0 Å². The van der Waals surface area contributed by atoms with Crippen molar-refractivity contribution in [2.45, 2.75) is 20.8 Å². The monoisotopic (exact) mass is 218 g/mol. The lowest BCUT2D eigenvalue weighted by Gasteiger charge is -2.02. The molecule has 76 valence electrons.